The molecule has 1 amide bonds. The molecular weight excluding hydrogens is 408 g/mol. The maximum absolute atomic E-state index is 12.9. The van der Waals surface area contributed by atoms with E-state index in [9.17, 15) is 4.79 Å². The van der Waals surface area contributed by atoms with Crippen LogP contribution in [-0.4, -0.2) is 30.2 Å². The number of carbonyl (C=O) groups excluding carboxylic acids is 1. The predicted molar refractivity (Wildman–Crippen MR) is 124 cm³/mol. The highest BCUT2D eigenvalue weighted by Crippen LogP contribution is 2.32. The number of imidazole rings is 1. The van der Waals surface area contributed by atoms with Crippen LogP contribution in [-0.2, 0) is 17.9 Å². The van der Waals surface area contributed by atoms with Gasteiger partial charge in [0.2, 0.25) is 11.9 Å². The summed E-state index contributed by atoms with van der Waals surface area (Å²) in [7, 11) is 0. The van der Waals surface area contributed by atoms with Gasteiger partial charge in [0.05, 0.1) is 22.1 Å². The van der Waals surface area contributed by atoms with E-state index in [-0.39, 0.29) is 12.5 Å². The van der Waals surface area contributed by atoms with Crippen LogP contribution in [0, 0.1) is 6.92 Å². The number of fused-ring (bicyclic) bond motifs is 2. The molecule has 4 heterocycles. The Bertz CT molecular complexity index is 1380. The number of nitrogens with zero attached hydrogens (tertiary/aromatic N) is 5. The predicted octanol–water partition coefficient (Wildman–Crippen LogP) is 4.87. The van der Waals surface area contributed by atoms with Crippen LogP contribution in [0.4, 0.5) is 5.95 Å². The Balaban J connectivity index is 1.46. The molecule has 0 aliphatic rings. The van der Waals surface area contributed by atoms with Crippen molar-refractivity contribution in [3.8, 4) is 10.4 Å². The third kappa shape index (κ3) is 3.48. The van der Waals surface area contributed by atoms with E-state index in [0.29, 0.717) is 11.6 Å². The number of hydrogen-bond acceptors (Lipinski definition) is 5. The topological polar surface area (TPSA) is 77.6 Å². The highest BCUT2D eigenvalue weighted by atomic mass is 32.1. The molecule has 0 bridgehead atoms. The quantitative estimate of drug-likeness (QED) is 0.417. The lowest BCUT2D eigenvalue weighted by Crippen LogP contribution is -2.22. The molecule has 4 aromatic heterocycles. The number of anilines is 1. The molecule has 0 aliphatic heterocycles. The monoisotopic (exact) mass is 430 g/mol. The van der Waals surface area contributed by atoms with Crippen molar-refractivity contribution >= 4 is 45.3 Å². The smallest absolute Gasteiger partial charge is 0.248 e. The van der Waals surface area contributed by atoms with Crippen LogP contribution < -0.4 is 5.32 Å². The average molecular weight is 431 g/mol. The summed E-state index contributed by atoms with van der Waals surface area (Å²) in [6.07, 6.45) is 2.72. The van der Waals surface area contributed by atoms with Crippen molar-refractivity contribution in [2.24, 2.45) is 0 Å². The lowest BCUT2D eigenvalue weighted by Gasteiger charge is -2.09. The minimum Gasteiger partial charge on any atom is -0.310 e. The Hall–Kier alpha value is -3.52. The molecule has 156 valence electrons. The van der Waals surface area contributed by atoms with E-state index in [1.807, 2.05) is 47.9 Å². The highest BCUT2D eigenvalue weighted by Gasteiger charge is 2.18. The molecule has 0 fully saturated rings. The number of amides is 1. The van der Waals surface area contributed by atoms with E-state index in [0.717, 1.165) is 45.5 Å². The first kappa shape index (κ1) is 19.4. The molecule has 5 aromatic rings. The largest absolute Gasteiger partial charge is 0.310 e. The summed E-state index contributed by atoms with van der Waals surface area (Å²) in [5, 5.41) is 10.6. The van der Waals surface area contributed by atoms with E-state index in [4.69, 9.17) is 0 Å². The number of pyridine rings is 1. The van der Waals surface area contributed by atoms with Gasteiger partial charge in [-0.15, -0.1) is 11.3 Å². The average Bonchev–Trinajstić information content (AvgIpc) is 3.48. The van der Waals surface area contributed by atoms with Crippen LogP contribution in [0.3, 0.4) is 0 Å². The molecular formula is C23H22N6OS. The summed E-state index contributed by atoms with van der Waals surface area (Å²) >= 11 is 1.68. The molecule has 0 saturated heterocycles. The zero-order valence-electron chi connectivity index (χ0n) is 17.4. The van der Waals surface area contributed by atoms with E-state index >= 15 is 0 Å². The molecule has 0 atom stereocenters. The van der Waals surface area contributed by atoms with E-state index in [1.165, 1.54) is 0 Å². The summed E-state index contributed by atoms with van der Waals surface area (Å²) in [4.78, 5) is 23.2. The fraction of sp³-hybridized carbons (Fsp3) is 0.217. The summed E-state index contributed by atoms with van der Waals surface area (Å²) in [6, 6.07) is 14.0. The Morgan fingerprint density at radius 1 is 1.16 bits per heavy atom. The summed E-state index contributed by atoms with van der Waals surface area (Å²) in [5.41, 5.74) is 4.54. The van der Waals surface area contributed by atoms with Crippen molar-refractivity contribution in [1.82, 2.24) is 24.3 Å². The van der Waals surface area contributed by atoms with Crippen molar-refractivity contribution in [2.45, 2.75) is 33.4 Å². The summed E-state index contributed by atoms with van der Waals surface area (Å²) in [5.74, 6) is 0.383. The SMILES string of the molecule is CCCn1c(NC(=O)Cn2nc(C)c3c(-c4cccs4)ccnc32)nc2ccccc21. The fourth-order valence-corrected chi connectivity index (χ4v) is 4.71. The van der Waals surface area contributed by atoms with Gasteiger partial charge in [-0.25, -0.2) is 14.6 Å². The van der Waals surface area contributed by atoms with Gasteiger partial charge in [-0.2, -0.15) is 5.10 Å². The van der Waals surface area contributed by atoms with Gasteiger partial charge in [0.1, 0.15) is 6.54 Å². The molecule has 0 spiro atoms. The van der Waals surface area contributed by atoms with Crippen molar-refractivity contribution in [1.29, 1.82) is 0 Å². The molecule has 8 heteroatoms. The van der Waals surface area contributed by atoms with Crippen LogP contribution >= 0.6 is 11.3 Å². The Morgan fingerprint density at radius 3 is 2.84 bits per heavy atom. The second kappa shape index (κ2) is 7.96. The van der Waals surface area contributed by atoms with Gasteiger partial charge in [0.25, 0.3) is 0 Å². The van der Waals surface area contributed by atoms with Gasteiger partial charge in [-0.05, 0) is 43.0 Å². The molecule has 31 heavy (non-hydrogen) atoms. The first-order valence-corrected chi connectivity index (χ1v) is 11.1. The zero-order chi connectivity index (χ0) is 21.4. The van der Waals surface area contributed by atoms with Crippen molar-refractivity contribution in [2.75, 3.05) is 5.32 Å². The molecule has 7 nitrogen and oxygen atoms in total. The standard InChI is InChI=1S/C23H22N6OS/c1-3-12-28-18-8-5-4-7-17(18)25-23(28)26-20(30)14-29-22-21(15(2)27-29)16(10-11-24-22)19-9-6-13-31-19/h4-11,13H,3,12,14H2,1-2H3,(H,25,26,30). The normalized spacial score (nSPS) is 11.4. The third-order valence-electron chi connectivity index (χ3n) is 5.24. The number of para-hydroxylation sites is 2. The van der Waals surface area contributed by atoms with Crippen molar-refractivity contribution < 1.29 is 4.79 Å². The minimum atomic E-state index is -0.180. The number of rotatable bonds is 6. The molecule has 1 aromatic carbocycles. The van der Waals surface area contributed by atoms with Crippen molar-refractivity contribution in [3.63, 3.8) is 0 Å². The maximum atomic E-state index is 12.9. The van der Waals surface area contributed by atoms with Gasteiger partial charge in [0.15, 0.2) is 5.65 Å². The number of aryl methyl sites for hydroxylation is 2. The highest BCUT2D eigenvalue weighted by molar-refractivity contribution is 7.13. The van der Waals surface area contributed by atoms with Crippen LogP contribution in [0.1, 0.15) is 19.0 Å². The molecule has 0 radical (unpaired) electrons. The maximum Gasteiger partial charge on any atom is 0.248 e. The van der Waals surface area contributed by atoms with Crippen LogP contribution in [0.2, 0.25) is 0 Å². The lowest BCUT2D eigenvalue weighted by atomic mass is 10.1. The zero-order valence-corrected chi connectivity index (χ0v) is 18.2. The van der Waals surface area contributed by atoms with Gasteiger partial charge >= 0.3 is 0 Å². The Kier molecular flexibility index (Phi) is 4.99. The molecule has 0 unspecified atom stereocenters. The number of benzene rings is 1. The first-order valence-electron chi connectivity index (χ1n) is 10.3. The molecule has 5 rings (SSSR count). The van der Waals surface area contributed by atoms with Gasteiger partial charge < -0.3 is 4.57 Å². The van der Waals surface area contributed by atoms with Gasteiger partial charge in [-0.1, -0.05) is 25.1 Å². The van der Waals surface area contributed by atoms with Gasteiger partial charge in [-0.3, -0.25) is 10.1 Å². The second-order valence-corrected chi connectivity index (χ2v) is 8.35. The Morgan fingerprint density at radius 2 is 2.03 bits per heavy atom. The third-order valence-corrected chi connectivity index (χ3v) is 6.14. The van der Waals surface area contributed by atoms with Gasteiger partial charge in [0, 0.05) is 23.2 Å². The van der Waals surface area contributed by atoms with E-state index in [1.54, 1.807) is 22.2 Å². The number of thiophene rings is 1. The number of hydrogen-bond donors (Lipinski definition) is 1. The molecule has 1 N–H and O–H groups in total. The fourth-order valence-electron chi connectivity index (χ4n) is 3.95. The summed E-state index contributed by atoms with van der Waals surface area (Å²) in [6.45, 7) is 4.91. The van der Waals surface area contributed by atoms with Crippen LogP contribution in [0.25, 0.3) is 32.5 Å². The Labute approximate surface area is 183 Å². The van der Waals surface area contributed by atoms with Crippen LogP contribution in [0.15, 0.2) is 54.0 Å². The van der Waals surface area contributed by atoms with E-state index < -0.39 is 0 Å². The van der Waals surface area contributed by atoms with Crippen molar-refractivity contribution in [3.05, 3.63) is 59.7 Å². The van der Waals surface area contributed by atoms with Crippen LogP contribution in [0.5, 0.6) is 0 Å². The minimum absolute atomic E-state index is 0.0700. The lowest BCUT2D eigenvalue weighted by molar-refractivity contribution is -0.116. The number of aromatic nitrogens is 5. The summed E-state index contributed by atoms with van der Waals surface area (Å²) < 4.78 is 3.72. The molecule has 0 aliphatic carbocycles. The number of carbonyl (C=O) groups is 1. The molecule has 0 saturated carbocycles. The van der Waals surface area contributed by atoms with E-state index in [2.05, 4.69) is 38.8 Å². The second-order valence-electron chi connectivity index (χ2n) is 7.40. The number of nitrogens with one attached hydrogen (secondary N) is 1. The first-order chi connectivity index (χ1) is 15.2.